The Kier molecular flexibility index (Phi) is 6.34. The van der Waals surface area contributed by atoms with E-state index in [0.717, 1.165) is 44.5 Å². The maximum Gasteiger partial charge on any atom is 0.416 e. The molecule has 0 atom stereocenters. The maximum absolute atomic E-state index is 13.1. The molecule has 1 heterocycles. The van der Waals surface area contributed by atoms with E-state index in [2.05, 4.69) is 5.32 Å². The molecule has 0 saturated carbocycles. The third-order valence-electron chi connectivity index (χ3n) is 4.49. The zero-order valence-corrected chi connectivity index (χ0v) is 15.8. The number of carbonyl (C=O) groups is 1. The number of carbonyl (C=O) groups excluding carboxylic acids is 1. The van der Waals surface area contributed by atoms with E-state index in [1.165, 1.54) is 6.07 Å². The summed E-state index contributed by atoms with van der Waals surface area (Å²) in [5.74, 6) is -0.225. The highest BCUT2D eigenvalue weighted by molar-refractivity contribution is 6.32. The van der Waals surface area contributed by atoms with Crippen molar-refractivity contribution in [1.82, 2.24) is 0 Å². The van der Waals surface area contributed by atoms with E-state index < -0.39 is 17.6 Å². The summed E-state index contributed by atoms with van der Waals surface area (Å²) in [6, 6.07) is 10.1. The van der Waals surface area contributed by atoms with Crippen LogP contribution in [0.1, 0.15) is 24.8 Å². The molecule has 0 radical (unpaired) electrons. The Bertz CT molecular complexity index is 836. The summed E-state index contributed by atoms with van der Waals surface area (Å²) in [5.41, 5.74) is -0.0983. The maximum atomic E-state index is 13.1. The van der Waals surface area contributed by atoms with Gasteiger partial charge in [0.25, 0.3) is 5.91 Å². The van der Waals surface area contributed by atoms with Gasteiger partial charge in [-0.1, -0.05) is 23.7 Å². The molecule has 1 aliphatic heterocycles. The van der Waals surface area contributed by atoms with Crippen molar-refractivity contribution >= 4 is 28.9 Å². The first-order valence-electron chi connectivity index (χ1n) is 8.98. The molecule has 0 aromatic heterocycles. The van der Waals surface area contributed by atoms with Crippen LogP contribution in [0.25, 0.3) is 0 Å². The van der Waals surface area contributed by atoms with Gasteiger partial charge in [0.15, 0.2) is 6.61 Å². The average molecular weight is 413 g/mol. The van der Waals surface area contributed by atoms with Crippen molar-refractivity contribution in [3.63, 3.8) is 0 Å². The Morgan fingerprint density at radius 3 is 2.50 bits per heavy atom. The van der Waals surface area contributed by atoms with Gasteiger partial charge in [0.2, 0.25) is 0 Å². The number of hydrogen-bond acceptors (Lipinski definition) is 3. The van der Waals surface area contributed by atoms with Crippen molar-refractivity contribution < 1.29 is 22.7 Å². The van der Waals surface area contributed by atoms with Gasteiger partial charge in [0.05, 0.1) is 22.0 Å². The van der Waals surface area contributed by atoms with Crippen LogP contribution < -0.4 is 15.0 Å². The topological polar surface area (TPSA) is 41.6 Å². The Balaban J connectivity index is 1.77. The third kappa shape index (κ3) is 5.10. The number of hydrogen-bond donors (Lipinski definition) is 1. The fourth-order valence-electron chi connectivity index (χ4n) is 3.11. The number of anilines is 2. The first-order chi connectivity index (χ1) is 13.3. The number of para-hydroxylation sites is 1. The fourth-order valence-corrected chi connectivity index (χ4v) is 3.30. The monoisotopic (exact) mass is 412 g/mol. The summed E-state index contributed by atoms with van der Waals surface area (Å²) in [6.07, 6.45) is -1.48. The van der Waals surface area contributed by atoms with Gasteiger partial charge in [-0.15, -0.1) is 0 Å². The largest absolute Gasteiger partial charge is 0.482 e. The second kappa shape index (κ2) is 8.73. The Labute approximate surface area is 166 Å². The molecule has 8 heteroatoms. The van der Waals surface area contributed by atoms with Gasteiger partial charge < -0.3 is 15.0 Å². The Morgan fingerprint density at radius 2 is 1.82 bits per heavy atom. The summed E-state index contributed by atoms with van der Waals surface area (Å²) in [7, 11) is 0. The minimum Gasteiger partial charge on any atom is -0.482 e. The molecule has 1 amide bonds. The van der Waals surface area contributed by atoms with Crippen LogP contribution in [0.5, 0.6) is 5.75 Å². The number of nitrogens with one attached hydrogen (secondary N) is 1. The molecule has 3 rings (SSSR count). The van der Waals surface area contributed by atoms with Crippen LogP contribution in [0.4, 0.5) is 24.5 Å². The second-order valence-electron chi connectivity index (χ2n) is 6.54. The lowest BCUT2D eigenvalue weighted by Gasteiger charge is -2.31. The lowest BCUT2D eigenvalue weighted by atomic mass is 10.1. The quantitative estimate of drug-likeness (QED) is 0.718. The molecular formula is C20H20ClF3N2O2. The summed E-state index contributed by atoms with van der Waals surface area (Å²) in [6.45, 7) is 1.12. The molecular weight excluding hydrogens is 393 g/mol. The van der Waals surface area contributed by atoms with E-state index in [1.54, 1.807) is 24.3 Å². The van der Waals surface area contributed by atoms with Crippen molar-refractivity contribution in [3.8, 4) is 5.75 Å². The minimum absolute atomic E-state index is 0.129. The molecule has 4 nitrogen and oxygen atoms in total. The summed E-state index contributed by atoms with van der Waals surface area (Å²) >= 11 is 5.98. The Morgan fingerprint density at radius 1 is 1.11 bits per heavy atom. The first-order valence-corrected chi connectivity index (χ1v) is 9.36. The molecule has 2 aromatic rings. The molecule has 0 bridgehead atoms. The SMILES string of the molecule is O=C(COc1ccccc1Cl)Nc1cc(C(F)(F)F)ccc1N1CCCCC1. The van der Waals surface area contributed by atoms with Gasteiger partial charge in [-0.25, -0.2) is 0 Å². The van der Waals surface area contributed by atoms with Gasteiger partial charge in [-0.3, -0.25) is 4.79 Å². The summed E-state index contributed by atoms with van der Waals surface area (Å²) < 4.78 is 44.8. The summed E-state index contributed by atoms with van der Waals surface area (Å²) in [4.78, 5) is 14.3. The van der Waals surface area contributed by atoms with Crippen LogP contribution in [0.2, 0.25) is 5.02 Å². The van der Waals surface area contributed by atoms with Crippen molar-refractivity contribution in [3.05, 3.63) is 53.1 Å². The molecule has 1 saturated heterocycles. The van der Waals surface area contributed by atoms with Gasteiger partial charge in [-0.05, 0) is 49.6 Å². The highest BCUT2D eigenvalue weighted by atomic mass is 35.5. The molecule has 1 aliphatic rings. The molecule has 1 fully saturated rings. The van der Waals surface area contributed by atoms with E-state index in [9.17, 15) is 18.0 Å². The van der Waals surface area contributed by atoms with Gasteiger partial charge in [-0.2, -0.15) is 13.2 Å². The summed E-state index contributed by atoms with van der Waals surface area (Å²) in [5, 5.41) is 2.91. The van der Waals surface area contributed by atoms with Crippen molar-refractivity contribution in [1.29, 1.82) is 0 Å². The number of nitrogens with zero attached hydrogens (tertiary/aromatic N) is 1. The van der Waals surface area contributed by atoms with Crippen LogP contribution in [0, 0.1) is 0 Å². The predicted octanol–water partition coefficient (Wildman–Crippen LogP) is 5.37. The number of rotatable bonds is 5. The van der Waals surface area contributed by atoms with Crippen LogP contribution in [-0.2, 0) is 11.0 Å². The number of benzene rings is 2. The van der Waals surface area contributed by atoms with Crippen molar-refractivity contribution in [2.45, 2.75) is 25.4 Å². The third-order valence-corrected chi connectivity index (χ3v) is 4.80. The van der Waals surface area contributed by atoms with Crippen LogP contribution in [0.15, 0.2) is 42.5 Å². The van der Waals surface area contributed by atoms with E-state index in [-0.39, 0.29) is 12.3 Å². The number of amides is 1. The lowest BCUT2D eigenvalue weighted by Crippen LogP contribution is -2.31. The first kappa shape index (κ1) is 20.3. The van der Waals surface area contributed by atoms with Gasteiger partial charge in [0, 0.05) is 13.1 Å². The zero-order valence-electron chi connectivity index (χ0n) is 15.1. The van der Waals surface area contributed by atoms with Crippen molar-refractivity contribution in [2.24, 2.45) is 0 Å². The predicted molar refractivity (Wildman–Crippen MR) is 103 cm³/mol. The van der Waals surface area contributed by atoms with E-state index in [1.807, 2.05) is 4.90 Å². The minimum atomic E-state index is -4.49. The number of piperidine rings is 1. The van der Waals surface area contributed by atoms with Gasteiger partial charge >= 0.3 is 6.18 Å². The van der Waals surface area contributed by atoms with Crippen molar-refractivity contribution in [2.75, 3.05) is 29.9 Å². The number of alkyl halides is 3. The molecule has 150 valence electrons. The standard InChI is InChI=1S/C20H20ClF3N2O2/c21-15-6-2-3-7-18(15)28-13-19(27)25-16-12-14(20(22,23)24)8-9-17(16)26-10-4-1-5-11-26/h2-3,6-9,12H,1,4-5,10-11,13H2,(H,25,27). The van der Waals surface area contributed by atoms with Gasteiger partial charge in [0.1, 0.15) is 5.75 Å². The lowest BCUT2D eigenvalue weighted by molar-refractivity contribution is -0.137. The van der Waals surface area contributed by atoms with Crippen LogP contribution in [0.3, 0.4) is 0 Å². The van der Waals surface area contributed by atoms with Crippen LogP contribution in [-0.4, -0.2) is 25.6 Å². The molecule has 1 N–H and O–H groups in total. The smallest absolute Gasteiger partial charge is 0.416 e. The van der Waals surface area contributed by atoms with E-state index >= 15 is 0 Å². The van der Waals surface area contributed by atoms with Crippen LogP contribution >= 0.6 is 11.6 Å². The Hall–Kier alpha value is -2.41. The second-order valence-corrected chi connectivity index (χ2v) is 6.95. The number of ether oxygens (including phenoxy) is 1. The molecule has 2 aromatic carbocycles. The molecule has 0 spiro atoms. The van der Waals surface area contributed by atoms with E-state index in [0.29, 0.717) is 16.5 Å². The normalized spacial score (nSPS) is 14.6. The van der Waals surface area contributed by atoms with E-state index in [4.69, 9.17) is 16.3 Å². The number of halogens is 4. The highest BCUT2D eigenvalue weighted by Crippen LogP contribution is 2.36. The molecule has 0 unspecified atom stereocenters. The molecule has 0 aliphatic carbocycles. The highest BCUT2D eigenvalue weighted by Gasteiger charge is 2.31. The molecule has 28 heavy (non-hydrogen) atoms. The average Bonchev–Trinajstić information content (AvgIpc) is 2.67. The fraction of sp³-hybridized carbons (Fsp3) is 0.350. The zero-order chi connectivity index (χ0) is 20.1.